The number of benzene rings is 4. The fourth-order valence-corrected chi connectivity index (χ4v) is 11.9. The fraction of sp³-hybridized carbons (Fsp3) is 0.434. The Balaban J connectivity index is 0.736. The second-order valence-corrected chi connectivity index (χ2v) is 20.0. The number of imide groups is 1. The van der Waals surface area contributed by atoms with Crippen molar-refractivity contribution in [1.29, 1.82) is 0 Å². The molecule has 6 heterocycles. The number of nitrogens with zero attached hydrogens (tertiary/aromatic N) is 6. The molecule has 2 unspecified atom stereocenters. The van der Waals surface area contributed by atoms with Gasteiger partial charge in [0.25, 0.3) is 0 Å². The highest BCUT2D eigenvalue weighted by molar-refractivity contribution is 6.34. The maximum Gasteiger partial charge on any atom is 0.329 e. The van der Waals surface area contributed by atoms with Gasteiger partial charge in [0.1, 0.15) is 11.6 Å². The number of aryl methyl sites for hydroxylation is 1. The summed E-state index contributed by atoms with van der Waals surface area (Å²) >= 11 is 6.69. The molecular weight excluding hydrogens is 948 g/mol. The zero-order chi connectivity index (χ0) is 50.6. The maximum absolute atomic E-state index is 16.2. The zero-order valence-corrected chi connectivity index (χ0v) is 41.3. The van der Waals surface area contributed by atoms with E-state index in [0.29, 0.717) is 63.2 Å². The lowest BCUT2D eigenvalue weighted by atomic mass is 9.77. The van der Waals surface area contributed by atoms with Crippen molar-refractivity contribution in [2.45, 2.75) is 69.4 Å². The topological polar surface area (TPSA) is 185 Å². The minimum Gasteiger partial charge on any atom is -0.494 e. The van der Waals surface area contributed by atoms with Crippen molar-refractivity contribution >= 4 is 63.7 Å². The Morgan fingerprint density at radius 1 is 0.875 bits per heavy atom. The summed E-state index contributed by atoms with van der Waals surface area (Å²) in [4.78, 5) is 72.4. The minimum atomic E-state index is -1.10. The number of rotatable bonds is 11. The quantitative estimate of drug-likeness (QED) is 0.126. The van der Waals surface area contributed by atoms with E-state index < -0.39 is 35.1 Å². The predicted molar refractivity (Wildman–Crippen MR) is 267 cm³/mol. The summed E-state index contributed by atoms with van der Waals surface area (Å²) in [6.07, 6.45) is 4.27. The van der Waals surface area contributed by atoms with Gasteiger partial charge in [-0.15, -0.1) is 0 Å². The summed E-state index contributed by atoms with van der Waals surface area (Å²) in [5.41, 5.74) is 7.29. The van der Waals surface area contributed by atoms with Crippen LogP contribution in [-0.2, 0) is 27.0 Å². The molecular formula is C53H58ClF2N9O7. The zero-order valence-electron chi connectivity index (χ0n) is 40.5. The van der Waals surface area contributed by atoms with E-state index in [1.165, 1.54) is 30.2 Å². The van der Waals surface area contributed by atoms with E-state index in [2.05, 4.69) is 26.7 Å². The number of likely N-dealkylation sites (tertiary alicyclic amines) is 2. The van der Waals surface area contributed by atoms with Crippen molar-refractivity contribution in [2.75, 3.05) is 69.3 Å². The summed E-state index contributed by atoms with van der Waals surface area (Å²) in [5, 5.41) is 11.1. The Hall–Kier alpha value is -6.79. The first-order chi connectivity index (χ1) is 34.7. The van der Waals surface area contributed by atoms with Crippen molar-refractivity contribution in [1.82, 2.24) is 30.2 Å². The first-order valence-electron chi connectivity index (χ1n) is 24.7. The van der Waals surface area contributed by atoms with Gasteiger partial charge in [0.05, 0.1) is 23.2 Å². The number of nitrogens with one attached hydrogen (secondary N) is 2. The second-order valence-electron chi connectivity index (χ2n) is 19.7. The van der Waals surface area contributed by atoms with Crippen molar-refractivity contribution in [3.05, 3.63) is 100 Å². The predicted octanol–water partition coefficient (Wildman–Crippen LogP) is 6.85. The molecule has 0 aliphatic carbocycles. The van der Waals surface area contributed by atoms with Crippen molar-refractivity contribution in [3.63, 3.8) is 0 Å². The number of hydrogen-bond donors (Lipinski definition) is 3. The highest BCUT2D eigenvalue weighted by Gasteiger charge is 2.50. The molecule has 72 heavy (non-hydrogen) atoms. The van der Waals surface area contributed by atoms with Gasteiger partial charge in [0, 0.05) is 123 Å². The molecule has 0 bridgehead atoms. The Morgan fingerprint density at radius 2 is 1.53 bits per heavy atom. The van der Waals surface area contributed by atoms with Gasteiger partial charge in [-0.3, -0.25) is 34.1 Å². The molecule has 378 valence electrons. The largest absolute Gasteiger partial charge is 0.494 e. The number of aromatic nitrogens is 2. The van der Waals surface area contributed by atoms with Crippen LogP contribution in [0.2, 0.25) is 5.02 Å². The van der Waals surface area contributed by atoms with E-state index in [-0.39, 0.29) is 88.3 Å². The van der Waals surface area contributed by atoms with Crippen molar-refractivity contribution in [2.24, 2.45) is 24.6 Å². The summed E-state index contributed by atoms with van der Waals surface area (Å²) in [6.45, 7) is 6.12. The van der Waals surface area contributed by atoms with Gasteiger partial charge >= 0.3 is 6.03 Å². The molecule has 4 N–H and O–H groups in total. The molecule has 5 aromatic rings. The molecule has 10 rings (SSSR count). The second kappa shape index (κ2) is 19.7. The first-order valence-corrected chi connectivity index (χ1v) is 25.1. The first kappa shape index (κ1) is 48.8. The normalized spacial score (nSPS) is 21.2. The number of halogens is 3. The third-order valence-corrected chi connectivity index (χ3v) is 16.1. The fourth-order valence-electron chi connectivity index (χ4n) is 11.6. The number of amides is 6. The van der Waals surface area contributed by atoms with Gasteiger partial charge in [-0.25, -0.2) is 13.6 Å². The SMILES string of the molecule is COc1ccc(C(N)=O)c(-c2c(Cl)c(F)cc3c2C(C)C(CNC2CCN(C(=O)C4CCN(C(=O)C5CCN(c6ccc7c(N8CCC(=O)NC8=O)nn(C)c7c6)CC5)CC4)CC2)(c2ccccc2)O3)c1F. The van der Waals surface area contributed by atoms with E-state index in [1.54, 1.807) is 4.68 Å². The summed E-state index contributed by atoms with van der Waals surface area (Å²) < 4.78 is 45.8. The van der Waals surface area contributed by atoms with Crippen molar-refractivity contribution < 1.29 is 42.2 Å². The van der Waals surface area contributed by atoms with E-state index in [1.807, 2.05) is 66.2 Å². The number of primary amides is 1. The molecule has 2 atom stereocenters. The van der Waals surface area contributed by atoms with Crippen LogP contribution in [0.3, 0.4) is 0 Å². The molecule has 6 amide bonds. The third kappa shape index (κ3) is 8.75. The smallest absolute Gasteiger partial charge is 0.329 e. The average molecular weight is 1010 g/mol. The standard InChI is InChI=1S/C53H58ClF2N9O7/c1-30-43-41(28-38(55)46(54)45(43)44-37(48(57)67)11-12-40(71-3)47(44)56)72-53(30,33-7-5-4-6-8-33)29-58-34-17-24-64(25-18-34)51(69)32-15-22-63(23-16-32)50(68)31-13-20-62(21-14-31)35-9-10-36-39(27-35)61(2)60-49(36)65-26-19-42(66)59-52(65)70/h4-12,27-28,30-32,34,58H,13-26,29H2,1-3H3,(H2,57,67)(H,59,66,70). The Labute approximate surface area is 420 Å². The highest BCUT2D eigenvalue weighted by Crippen LogP contribution is 2.56. The number of ether oxygens (including phenoxy) is 2. The van der Waals surface area contributed by atoms with Crippen LogP contribution in [0.5, 0.6) is 11.5 Å². The van der Waals surface area contributed by atoms with Gasteiger partial charge in [0.2, 0.25) is 23.6 Å². The number of carbonyl (C=O) groups is 5. The van der Waals surface area contributed by atoms with Crippen LogP contribution < -0.4 is 35.6 Å². The Kier molecular flexibility index (Phi) is 13.3. The number of hydrogen-bond acceptors (Lipinski definition) is 10. The maximum atomic E-state index is 16.2. The number of fused-ring (bicyclic) bond motifs is 2. The monoisotopic (exact) mass is 1010 g/mol. The molecule has 0 spiro atoms. The van der Waals surface area contributed by atoms with Crippen LogP contribution in [-0.4, -0.2) is 115 Å². The third-order valence-electron chi connectivity index (χ3n) is 15.7. The van der Waals surface area contributed by atoms with Gasteiger partial charge < -0.3 is 35.2 Å². The van der Waals surface area contributed by atoms with E-state index in [9.17, 15) is 24.0 Å². The molecule has 5 aliphatic heterocycles. The number of carbonyl (C=O) groups excluding carboxylic acids is 5. The number of piperidine rings is 3. The van der Waals surface area contributed by atoms with Gasteiger partial charge in [-0.05, 0) is 74.4 Å². The Morgan fingerprint density at radius 3 is 2.17 bits per heavy atom. The number of nitrogens with two attached hydrogens (primary N) is 1. The summed E-state index contributed by atoms with van der Waals surface area (Å²) in [5.74, 6) is -2.95. The molecule has 1 aromatic heterocycles. The minimum absolute atomic E-state index is 0.0196. The van der Waals surface area contributed by atoms with Crippen LogP contribution in [0, 0.1) is 23.5 Å². The lowest BCUT2D eigenvalue weighted by Gasteiger charge is -2.40. The average Bonchev–Trinajstić information content (AvgIpc) is 3.87. The van der Waals surface area contributed by atoms with Crippen LogP contribution in [0.25, 0.3) is 22.0 Å². The van der Waals surface area contributed by atoms with E-state index in [0.717, 1.165) is 48.1 Å². The highest BCUT2D eigenvalue weighted by atomic mass is 35.5. The van der Waals surface area contributed by atoms with Crippen LogP contribution in [0.1, 0.15) is 79.3 Å². The van der Waals surface area contributed by atoms with Gasteiger partial charge in [0.15, 0.2) is 23.0 Å². The Bertz CT molecular complexity index is 2970. The molecule has 5 aliphatic rings. The number of urea groups is 1. The van der Waals surface area contributed by atoms with Gasteiger partial charge in [-0.1, -0.05) is 48.9 Å². The molecule has 16 nitrogen and oxygen atoms in total. The van der Waals surface area contributed by atoms with Crippen molar-refractivity contribution in [3.8, 4) is 22.6 Å². The molecule has 4 fully saturated rings. The van der Waals surface area contributed by atoms with E-state index in [4.69, 9.17) is 26.8 Å². The van der Waals surface area contributed by atoms with Crippen LogP contribution >= 0.6 is 11.6 Å². The molecule has 0 radical (unpaired) electrons. The number of methoxy groups -OCH3 is 1. The molecule has 4 saturated heterocycles. The molecule has 4 aromatic carbocycles. The van der Waals surface area contributed by atoms with E-state index >= 15 is 8.78 Å². The van der Waals surface area contributed by atoms with Crippen LogP contribution in [0.15, 0.2) is 66.7 Å². The lowest BCUT2D eigenvalue weighted by molar-refractivity contribution is -0.143. The summed E-state index contributed by atoms with van der Waals surface area (Å²) in [6, 6.07) is 18.9. The van der Waals surface area contributed by atoms with Crippen LogP contribution in [0.4, 0.5) is 25.1 Å². The summed E-state index contributed by atoms with van der Waals surface area (Å²) in [7, 11) is 3.13. The molecule has 19 heteroatoms. The lowest BCUT2D eigenvalue weighted by Crippen LogP contribution is -2.52. The van der Waals surface area contributed by atoms with Gasteiger partial charge in [-0.2, -0.15) is 5.10 Å². The molecule has 0 saturated carbocycles. The number of anilines is 2.